The molecule has 0 amide bonds. The molecule has 0 atom stereocenters. The maximum Gasteiger partial charge on any atom is 0.331 e. The molecule has 3 N–H and O–H groups in total. The highest BCUT2D eigenvalue weighted by molar-refractivity contribution is 6.08. The third kappa shape index (κ3) is 3.73. The number of nitrogens with zero attached hydrogens (tertiary/aromatic N) is 1. The Labute approximate surface area is 170 Å². The lowest BCUT2D eigenvalue weighted by molar-refractivity contribution is 0.104. The molecule has 30 heavy (non-hydrogen) atoms. The highest BCUT2D eigenvalue weighted by Crippen LogP contribution is 2.20. The van der Waals surface area contributed by atoms with Crippen molar-refractivity contribution in [3.63, 3.8) is 0 Å². The van der Waals surface area contributed by atoms with Crippen LogP contribution in [-0.2, 0) is 13.0 Å². The smallest absolute Gasteiger partial charge is 0.331 e. The Morgan fingerprint density at radius 2 is 1.77 bits per heavy atom. The number of nitrogens with one attached hydrogen (secondary N) is 2. The van der Waals surface area contributed by atoms with E-state index < -0.39 is 28.5 Å². The summed E-state index contributed by atoms with van der Waals surface area (Å²) in [5.41, 5.74) is 0.514. The molecule has 7 heteroatoms. The van der Waals surface area contributed by atoms with E-state index in [0.29, 0.717) is 6.42 Å². The van der Waals surface area contributed by atoms with E-state index in [4.69, 9.17) is 0 Å². The summed E-state index contributed by atoms with van der Waals surface area (Å²) in [6.07, 6.45) is 4.99. The second-order valence-electron chi connectivity index (χ2n) is 6.83. The minimum atomic E-state index is -0.915. The number of hydrogen-bond donors (Lipinski definition) is 3. The largest absolute Gasteiger partial charge is 0.494 e. The van der Waals surface area contributed by atoms with Crippen molar-refractivity contribution in [3.05, 3.63) is 104 Å². The SMILES string of the molecule is O=C(C=Cc1c[nH]c2ccccc12)c1c(O)n(CCc2ccccc2)c(=O)[nH]c1=O. The third-order valence-corrected chi connectivity index (χ3v) is 4.92. The fourth-order valence-electron chi connectivity index (χ4n) is 3.36. The lowest BCUT2D eigenvalue weighted by Crippen LogP contribution is -2.34. The zero-order valence-corrected chi connectivity index (χ0v) is 16.0. The topological polar surface area (TPSA) is 108 Å². The van der Waals surface area contributed by atoms with E-state index in [-0.39, 0.29) is 6.54 Å². The van der Waals surface area contributed by atoms with Gasteiger partial charge in [0.2, 0.25) is 5.88 Å². The van der Waals surface area contributed by atoms with Crippen molar-refractivity contribution in [1.82, 2.24) is 14.5 Å². The van der Waals surface area contributed by atoms with Gasteiger partial charge in [-0.1, -0.05) is 48.5 Å². The van der Waals surface area contributed by atoms with Crippen LogP contribution < -0.4 is 11.2 Å². The maximum absolute atomic E-state index is 12.7. The summed E-state index contributed by atoms with van der Waals surface area (Å²) in [5.74, 6) is -1.32. The van der Waals surface area contributed by atoms with Gasteiger partial charge in [0, 0.05) is 23.6 Å². The predicted octanol–water partition coefficient (Wildman–Crippen LogP) is 2.86. The van der Waals surface area contributed by atoms with Crippen LogP contribution in [-0.4, -0.2) is 25.4 Å². The average molecular weight is 401 g/mol. The number of hydrogen-bond acceptors (Lipinski definition) is 4. The molecule has 0 bridgehead atoms. The molecule has 4 rings (SSSR count). The first-order valence-electron chi connectivity index (χ1n) is 9.43. The van der Waals surface area contributed by atoms with Crippen molar-refractivity contribution in [3.8, 4) is 5.88 Å². The molecular weight excluding hydrogens is 382 g/mol. The van der Waals surface area contributed by atoms with Crippen LogP contribution in [0.1, 0.15) is 21.5 Å². The van der Waals surface area contributed by atoms with Gasteiger partial charge in [-0.05, 0) is 35.8 Å². The Morgan fingerprint density at radius 3 is 2.57 bits per heavy atom. The molecular formula is C23H19N3O4. The molecule has 0 spiro atoms. The van der Waals surface area contributed by atoms with E-state index in [1.165, 1.54) is 6.08 Å². The quantitative estimate of drug-likeness (QED) is 0.341. The van der Waals surface area contributed by atoms with Crippen molar-refractivity contribution in [2.24, 2.45) is 0 Å². The molecule has 2 aromatic heterocycles. The van der Waals surface area contributed by atoms with Gasteiger partial charge >= 0.3 is 5.69 Å². The van der Waals surface area contributed by atoms with Gasteiger partial charge in [0.1, 0.15) is 5.56 Å². The lowest BCUT2D eigenvalue weighted by atomic mass is 10.1. The van der Waals surface area contributed by atoms with Crippen LogP contribution in [0.25, 0.3) is 17.0 Å². The number of aromatic nitrogens is 3. The zero-order valence-electron chi connectivity index (χ0n) is 16.0. The summed E-state index contributed by atoms with van der Waals surface area (Å²) in [7, 11) is 0. The zero-order chi connectivity index (χ0) is 21.1. The van der Waals surface area contributed by atoms with E-state index in [0.717, 1.165) is 26.6 Å². The van der Waals surface area contributed by atoms with Gasteiger partial charge in [-0.2, -0.15) is 0 Å². The van der Waals surface area contributed by atoms with E-state index in [9.17, 15) is 19.5 Å². The summed E-state index contributed by atoms with van der Waals surface area (Å²) >= 11 is 0. The van der Waals surface area contributed by atoms with E-state index in [1.807, 2.05) is 54.6 Å². The van der Waals surface area contributed by atoms with Crippen LogP contribution in [0.15, 0.2) is 76.5 Å². The van der Waals surface area contributed by atoms with E-state index >= 15 is 0 Å². The Hall–Kier alpha value is -4.13. The highest BCUT2D eigenvalue weighted by atomic mass is 16.3. The number of para-hydroxylation sites is 1. The van der Waals surface area contributed by atoms with Crippen LogP contribution in [0, 0.1) is 0 Å². The molecule has 0 saturated heterocycles. The molecule has 7 nitrogen and oxygen atoms in total. The minimum Gasteiger partial charge on any atom is -0.494 e. The van der Waals surface area contributed by atoms with Gasteiger partial charge in [-0.25, -0.2) is 4.79 Å². The molecule has 0 aliphatic heterocycles. The molecule has 0 fully saturated rings. The number of allylic oxidation sites excluding steroid dienone is 1. The number of ketones is 1. The van der Waals surface area contributed by atoms with E-state index in [2.05, 4.69) is 9.97 Å². The first-order chi connectivity index (χ1) is 14.5. The molecule has 2 heterocycles. The molecule has 0 radical (unpaired) electrons. The fraction of sp³-hybridized carbons (Fsp3) is 0.0870. The first kappa shape index (κ1) is 19.2. The summed E-state index contributed by atoms with van der Waals surface area (Å²) in [6.45, 7) is 0.123. The normalized spacial score (nSPS) is 11.3. The van der Waals surface area contributed by atoms with Crippen LogP contribution in [0.5, 0.6) is 5.88 Å². The molecule has 0 aliphatic carbocycles. The minimum absolute atomic E-state index is 0.123. The Bertz CT molecular complexity index is 1360. The summed E-state index contributed by atoms with van der Waals surface area (Å²) in [4.78, 5) is 42.3. The Balaban J connectivity index is 1.63. The van der Waals surface area contributed by atoms with Crippen molar-refractivity contribution < 1.29 is 9.90 Å². The number of aromatic hydroxyl groups is 1. The number of carbonyl (C=O) groups is 1. The Morgan fingerprint density at radius 1 is 1.03 bits per heavy atom. The predicted molar refractivity (Wildman–Crippen MR) is 115 cm³/mol. The Kier molecular flexibility index (Phi) is 5.17. The molecule has 0 saturated carbocycles. The number of benzene rings is 2. The van der Waals surface area contributed by atoms with Crippen LogP contribution in [0.4, 0.5) is 0 Å². The van der Waals surface area contributed by atoms with Crippen molar-refractivity contribution in [2.75, 3.05) is 0 Å². The molecule has 0 unspecified atom stereocenters. The number of aromatic amines is 2. The van der Waals surface area contributed by atoms with Gasteiger partial charge in [0.25, 0.3) is 5.56 Å². The van der Waals surface area contributed by atoms with Gasteiger partial charge in [-0.3, -0.25) is 19.1 Å². The van der Waals surface area contributed by atoms with Crippen molar-refractivity contribution in [1.29, 1.82) is 0 Å². The third-order valence-electron chi connectivity index (χ3n) is 4.92. The van der Waals surface area contributed by atoms with Gasteiger partial charge in [0.05, 0.1) is 0 Å². The number of aryl methyl sites for hydroxylation is 1. The average Bonchev–Trinajstić information content (AvgIpc) is 3.16. The van der Waals surface area contributed by atoms with Gasteiger partial charge < -0.3 is 10.1 Å². The van der Waals surface area contributed by atoms with Gasteiger partial charge in [-0.15, -0.1) is 0 Å². The monoisotopic (exact) mass is 401 g/mol. The first-order valence-corrected chi connectivity index (χ1v) is 9.43. The lowest BCUT2D eigenvalue weighted by Gasteiger charge is -2.10. The van der Waals surface area contributed by atoms with Crippen LogP contribution in [0.2, 0.25) is 0 Å². The number of carbonyl (C=O) groups excluding carboxylic acids is 1. The van der Waals surface area contributed by atoms with Crippen LogP contribution >= 0.6 is 0 Å². The van der Waals surface area contributed by atoms with E-state index in [1.54, 1.807) is 12.3 Å². The molecule has 150 valence electrons. The molecule has 0 aliphatic rings. The fourth-order valence-corrected chi connectivity index (χ4v) is 3.36. The standard InChI is InChI=1S/C23H19N3O4/c27-19(11-10-16-14-24-18-9-5-4-8-17(16)18)20-21(28)25-23(30)26(22(20)29)13-12-15-6-2-1-3-7-15/h1-11,14,24,29H,12-13H2,(H,25,28,30). The number of rotatable bonds is 6. The summed E-state index contributed by atoms with van der Waals surface area (Å²) < 4.78 is 1.00. The van der Waals surface area contributed by atoms with Crippen LogP contribution in [0.3, 0.4) is 0 Å². The maximum atomic E-state index is 12.7. The van der Waals surface area contributed by atoms with Crippen molar-refractivity contribution >= 4 is 22.8 Å². The van der Waals surface area contributed by atoms with Crippen molar-refractivity contribution in [2.45, 2.75) is 13.0 Å². The second-order valence-corrected chi connectivity index (χ2v) is 6.83. The number of fused-ring (bicyclic) bond motifs is 1. The van der Waals surface area contributed by atoms with Gasteiger partial charge in [0.15, 0.2) is 5.78 Å². The number of H-pyrrole nitrogens is 2. The molecule has 2 aromatic carbocycles. The summed E-state index contributed by atoms with van der Waals surface area (Å²) in [5, 5.41) is 11.4. The molecule has 4 aromatic rings. The second kappa shape index (κ2) is 8.08. The highest BCUT2D eigenvalue weighted by Gasteiger charge is 2.19. The summed E-state index contributed by atoms with van der Waals surface area (Å²) in [6, 6.07) is 17.0.